The fraction of sp³-hybridized carbons (Fsp3) is 0.0625. The number of hydrogen-bond acceptors (Lipinski definition) is 6. The van der Waals surface area contributed by atoms with Crippen LogP contribution < -0.4 is 4.74 Å². The molecule has 0 bridgehead atoms. The molecule has 4 aromatic rings. The summed E-state index contributed by atoms with van der Waals surface area (Å²) in [5.41, 5.74) is 2.54. The summed E-state index contributed by atoms with van der Waals surface area (Å²) in [5.74, 6) is 1.32. The minimum atomic E-state index is -0.201. The van der Waals surface area contributed by atoms with Crippen LogP contribution >= 0.6 is 11.6 Å². The molecule has 7 nitrogen and oxygen atoms in total. The number of hydrogen-bond donors (Lipinski definition) is 0. The Bertz CT molecular complexity index is 996. The third-order valence-corrected chi connectivity index (χ3v) is 5.24. The normalized spacial score (nSPS) is 10.8. The molecule has 9 heteroatoms. The second kappa shape index (κ2) is 6.76. The summed E-state index contributed by atoms with van der Waals surface area (Å²) in [7, 11) is 1.63. The molecule has 0 saturated carbocycles. The van der Waals surface area contributed by atoms with Gasteiger partial charge in [0.05, 0.1) is 0 Å². The Balaban J connectivity index is 1.69. The molecule has 4 rings (SSSR count). The van der Waals surface area contributed by atoms with E-state index in [2.05, 4.69) is 24.6 Å². The number of halogens is 1. The summed E-state index contributed by atoms with van der Waals surface area (Å²) in [6.07, 6.45) is 0. The zero-order valence-electron chi connectivity index (χ0n) is 13.0. The van der Waals surface area contributed by atoms with Crippen molar-refractivity contribution in [2.24, 2.45) is 0 Å². The Morgan fingerprint density at radius 3 is 2.40 bits per heavy atom. The van der Waals surface area contributed by atoms with E-state index in [9.17, 15) is 0 Å². The van der Waals surface area contributed by atoms with Crippen LogP contribution in [0.2, 0.25) is 5.02 Å². The van der Waals surface area contributed by atoms with Gasteiger partial charge in [0, 0.05) is 0 Å². The Morgan fingerprint density at radius 1 is 0.960 bits per heavy atom. The van der Waals surface area contributed by atoms with Gasteiger partial charge in [-0.15, -0.1) is 0 Å². The van der Waals surface area contributed by atoms with Gasteiger partial charge in [0.1, 0.15) is 0 Å². The predicted octanol–water partition coefficient (Wildman–Crippen LogP) is 2.51. The molecule has 0 fully saturated rings. The van der Waals surface area contributed by atoms with Crippen molar-refractivity contribution in [2.45, 2.75) is 0 Å². The van der Waals surface area contributed by atoms with E-state index in [0.717, 1.165) is 27.1 Å². The fourth-order valence-electron chi connectivity index (χ4n) is 2.26. The van der Waals surface area contributed by atoms with Gasteiger partial charge in [-0.1, -0.05) is 0 Å². The maximum atomic E-state index is 5.92. The van der Waals surface area contributed by atoms with Gasteiger partial charge in [0.15, 0.2) is 0 Å². The van der Waals surface area contributed by atoms with E-state index in [0.29, 0.717) is 10.8 Å². The molecule has 0 aliphatic heterocycles. The van der Waals surface area contributed by atoms with Crippen molar-refractivity contribution in [1.82, 2.24) is 29.4 Å². The number of methoxy groups -OCH3 is 1. The average Bonchev–Trinajstić information content (AvgIpc) is 3.31. The van der Waals surface area contributed by atoms with Crippen molar-refractivity contribution in [3.63, 3.8) is 0 Å². The molecule has 0 amide bonds. The van der Waals surface area contributed by atoms with Gasteiger partial charge in [-0.2, -0.15) is 0 Å². The van der Waals surface area contributed by atoms with E-state index in [1.807, 2.05) is 36.4 Å². The van der Waals surface area contributed by atoms with Crippen molar-refractivity contribution in [3.8, 4) is 33.0 Å². The molecule has 0 unspecified atom stereocenters. The number of nitrogens with zero attached hydrogens (tertiary/aromatic N) is 6. The predicted molar refractivity (Wildman–Crippen MR) is 94.1 cm³/mol. The van der Waals surface area contributed by atoms with E-state index in [-0.39, 0.29) is 14.7 Å². The standard InChI is InChI=1S/C16H11ClN6OSe/c1-24-13-8-4-10(5-9-13)14-16(25-22-18-14)23-20-15(19-21-23)11-2-6-12(17)7-3-11/h2-9H,1H3. The molecule has 2 aromatic carbocycles. The van der Waals surface area contributed by atoms with E-state index < -0.39 is 0 Å². The van der Waals surface area contributed by atoms with Gasteiger partial charge in [0.2, 0.25) is 0 Å². The van der Waals surface area contributed by atoms with Crippen molar-refractivity contribution >= 4 is 26.3 Å². The van der Waals surface area contributed by atoms with Crippen LogP contribution in [0.4, 0.5) is 0 Å². The van der Waals surface area contributed by atoms with Crippen LogP contribution in [0.15, 0.2) is 48.5 Å². The second-order valence-corrected chi connectivity index (χ2v) is 7.04. The fourth-order valence-corrected chi connectivity index (χ4v) is 3.64. The van der Waals surface area contributed by atoms with E-state index in [1.165, 1.54) is 4.80 Å². The molecular weight excluding hydrogens is 407 g/mol. The molecule has 0 aliphatic carbocycles. The zero-order chi connectivity index (χ0) is 17.2. The summed E-state index contributed by atoms with van der Waals surface area (Å²) in [5, 5.41) is 17.7. The van der Waals surface area contributed by atoms with Crippen molar-refractivity contribution in [2.75, 3.05) is 7.11 Å². The van der Waals surface area contributed by atoms with Gasteiger partial charge < -0.3 is 0 Å². The number of benzene rings is 2. The molecule has 2 aromatic heterocycles. The molecule has 0 aliphatic rings. The first-order valence-electron chi connectivity index (χ1n) is 7.28. The van der Waals surface area contributed by atoms with Crippen LogP contribution in [0.25, 0.3) is 27.2 Å². The molecule has 0 spiro atoms. The molecule has 0 radical (unpaired) electrons. The van der Waals surface area contributed by atoms with Gasteiger partial charge in [-0.3, -0.25) is 0 Å². The number of ether oxygens (including phenoxy) is 1. The zero-order valence-corrected chi connectivity index (χ0v) is 15.5. The van der Waals surface area contributed by atoms with Crippen LogP contribution in [0, 0.1) is 0 Å². The van der Waals surface area contributed by atoms with Gasteiger partial charge in [-0.05, 0) is 0 Å². The maximum absolute atomic E-state index is 5.92. The summed E-state index contributed by atoms with van der Waals surface area (Å²) in [4.78, 5) is 1.50. The average molecular weight is 418 g/mol. The Hall–Kier alpha value is -2.54. The van der Waals surface area contributed by atoms with E-state index in [1.54, 1.807) is 19.2 Å². The van der Waals surface area contributed by atoms with Crippen LogP contribution in [0.3, 0.4) is 0 Å². The molecule has 0 atom stereocenters. The van der Waals surface area contributed by atoms with Crippen LogP contribution in [0.5, 0.6) is 5.75 Å². The third kappa shape index (κ3) is 3.19. The number of tetrazole rings is 1. The van der Waals surface area contributed by atoms with Crippen LogP contribution in [0.1, 0.15) is 0 Å². The van der Waals surface area contributed by atoms with Gasteiger partial charge in [-0.25, -0.2) is 0 Å². The number of rotatable bonds is 4. The molecule has 0 N–H and O–H groups in total. The Kier molecular flexibility index (Phi) is 4.31. The second-order valence-electron chi connectivity index (χ2n) is 5.06. The summed E-state index contributed by atoms with van der Waals surface area (Å²) in [6, 6.07) is 14.9. The van der Waals surface area contributed by atoms with Crippen molar-refractivity contribution in [3.05, 3.63) is 53.6 Å². The van der Waals surface area contributed by atoms with Crippen molar-refractivity contribution < 1.29 is 4.74 Å². The Labute approximate surface area is 154 Å². The van der Waals surface area contributed by atoms with Crippen LogP contribution in [-0.4, -0.2) is 51.2 Å². The monoisotopic (exact) mass is 418 g/mol. The molecular formula is C16H11ClN6OSe. The quantitative estimate of drug-likeness (QED) is 0.475. The first-order chi connectivity index (χ1) is 12.2. The third-order valence-electron chi connectivity index (χ3n) is 3.53. The first-order valence-corrected chi connectivity index (χ1v) is 9.28. The van der Waals surface area contributed by atoms with Crippen LogP contribution in [-0.2, 0) is 0 Å². The summed E-state index contributed by atoms with van der Waals surface area (Å²) < 4.78 is 10.2. The summed E-state index contributed by atoms with van der Waals surface area (Å²) >= 11 is 5.72. The molecule has 25 heavy (non-hydrogen) atoms. The SMILES string of the molecule is COc1ccc(-c2nn[se]c2-n2nnc(-c3ccc(Cl)cc3)n2)cc1. The number of aromatic nitrogens is 6. The topological polar surface area (TPSA) is 78.6 Å². The molecule has 0 saturated heterocycles. The van der Waals surface area contributed by atoms with Gasteiger partial charge in [0.25, 0.3) is 0 Å². The first kappa shape index (κ1) is 16.0. The summed E-state index contributed by atoms with van der Waals surface area (Å²) in [6.45, 7) is 0. The van der Waals surface area contributed by atoms with E-state index >= 15 is 0 Å². The minimum absolute atomic E-state index is 0.201. The Morgan fingerprint density at radius 2 is 1.68 bits per heavy atom. The van der Waals surface area contributed by atoms with Crippen molar-refractivity contribution in [1.29, 1.82) is 0 Å². The van der Waals surface area contributed by atoms with E-state index in [4.69, 9.17) is 16.3 Å². The van der Waals surface area contributed by atoms with Gasteiger partial charge >= 0.3 is 154 Å². The molecule has 124 valence electrons. The molecule has 2 heterocycles.